The second-order valence-corrected chi connectivity index (χ2v) is 7.41. The molecule has 144 valence electrons. The Morgan fingerprint density at radius 3 is 2.44 bits per heavy atom. The number of rotatable bonds is 6. The molecule has 0 radical (unpaired) electrons. The van der Waals surface area contributed by atoms with Gasteiger partial charge in [0.25, 0.3) is 0 Å². The zero-order valence-electron chi connectivity index (χ0n) is 15.7. The summed E-state index contributed by atoms with van der Waals surface area (Å²) in [6.07, 6.45) is -4.45. The standard InChI is InChI=1S/C19H22F3N5/c1-18(2,12-27(3)4)11-24-16-9-15(25-17(10-23)26-16)13-6-5-7-14(8-13)19(20,21)22/h5-9H,11-12H2,1-4H3,(H,24,25,26). The van der Waals surface area contributed by atoms with E-state index in [1.165, 1.54) is 12.1 Å². The minimum Gasteiger partial charge on any atom is -0.369 e. The number of anilines is 1. The third-order valence-corrected chi connectivity index (χ3v) is 3.80. The first kappa shape index (κ1) is 20.6. The van der Waals surface area contributed by atoms with E-state index < -0.39 is 11.7 Å². The SMILES string of the molecule is CN(C)CC(C)(C)CNc1cc(-c2cccc(C(F)(F)F)c2)nc(C#N)n1. The quantitative estimate of drug-likeness (QED) is 0.823. The van der Waals surface area contributed by atoms with Gasteiger partial charge in [-0.05, 0) is 31.6 Å². The molecule has 27 heavy (non-hydrogen) atoms. The first-order valence-electron chi connectivity index (χ1n) is 8.36. The molecule has 1 heterocycles. The second kappa shape index (κ2) is 7.92. The summed E-state index contributed by atoms with van der Waals surface area (Å²) in [7, 11) is 3.96. The molecule has 5 nitrogen and oxygen atoms in total. The van der Waals surface area contributed by atoms with Gasteiger partial charge in [-0.15, -0.1) is 0 Å². The molecular weight excluding hydrogens is 355 g/mol. The molecule has 0 bridgehead atoms. The maximum absolute atomic E-state index is 13.0. The fourth-order valence-electron chi connectivity index (χ4n) is 2.83. The molecule has 1 aromatic carbocycles. The van der Waals surface area contributed by atoms with Crippen molar-refractivity contribution in [1.82, 2.24) is 14.9 Å². The molecule has 1 N–H and O–H groups in total. The highest BCUT2D eigenvalue weighted by molar-refractivity contribution is 5.64. The lowest BCUT2D eigenvalue weighted by molar-refractivity contribution is -0.137. The van der Waals surface area contributed by atoms with Crippen LogP contribution in [0.1, 0.15) is 25.2 Å². The van der Waals surface area contributed by atoms with E-state index in [1.54, 1.807) is 6.07 Å². The molecule has 0 unspecified atom stereocenters. The highest BCUT2D eigenvalue weighted by atomic mass is 19.4. The van der Waals surface area contributed by atoms with E-state index in [0.29, 0.717) is 12.4 Å². The Bertz CT molecular complexity index is 838. The summed E-state index contributed by atoms with van der Waals surface area (Å²) in [5, 5.41) is 12.3. The number of halogens is 3. The van der Waals surface area contributed by atoms with Crippen LogP contribution in [0, 0.1) is 16.7 Å². The first-order valence-corrected chi connectivity index (χ1v) is 8.36. The van der Waals surface area contributed by atoms with Gasteiger partial charge >= 0.3 is 6.18 Å². The smallest absolute Gasteiger partial charge is 0.369 e. The predicted molar refractivity (Wildman–Crippen MR) is 98.0 cm³/mol. The molecule has 0 fully saturated rings. The number of hydrogen-bond donors (Lipinski definition) is 1. The van der Waals surface area contributed by atoms with Crippen LogP contribution in [0.5, 0.6) is 0 Å². The van der Waals surface area contributed by atoms with E-state index in [0.717, 1.165) is 18.7 Å². The van der Waals surface area contributed by atoms with Crippen molar-refractivity contribution in [2.24, 2.45) is 5.41 Å². The van der Waals surface area contributed by atoms with Crippen molar-refractivity contribution < 1.29 is 13.2 Å². The van der Waals surface area contributed by atoms with E-state index in [-0.39, 0.29) is 22.5 Å². The van der Waals surface area contributed by atoms with Crippen LogP contribution in [0.2, 0.25) is 0 Å². The van der Waals surface area contributed by atoms with E-state index in [1.807, 2.05) is 20.2 Å². The molecule has 0 amide bonds. The molecule has 0 aliphatic carbocycles. The van der Waals surface area contributed by atoms with Gasteiger partial charge in [0.1, 0.15) is 11.9 Å². The topological polar surface area (TPSA) is 64.8 Å². The molecule has 2 rings (SSSR count). The highest BCUT2D eigenvalue weighted by Gasteiger charge is 2.30. The average Bonchev–Trinajstić information content (AvgIpc) is 2.58. The van der Waals surface area contributed by atoms with Crippen LogP contribution in [0.15, 0.2) is 30.3 Å². The summed E-state index contributed by atoms with van der Waals surface area (Å²) in [6, 6.07) is 8.28. The Kier molecular flexibility index (Phi) is 6.06. The van der Waals surface area contributed by atoms with E-state index in [2.05, 4.69) is 34.0 Å². The van der Waals surface area contributed by atoms with Crippen LogP contribution in [-0.4, -0.2) is 42.1 Å². The van der Waals surface area contributed by atoms with Crippen LogP contribution in [0.25, 0.3) is 11.3 Å². The lowest BCUT2D eigenvalue weighted by Gasteiger charge is -2.28. The Balaban J connectivity index is 2.32. The monoisotopic (exact) mass is 377 g/mol. The number of nitrogens with zero attached hydrogens (tertiary/aromatic N) is 4. The van der Waals surface area contributed by atoms with Gasteiger partial charge in [0.15, 0.2) is 0 Å². The van der Waals surface area contributed by atoms with E-state index in [4.69, 9.17) is 0 Å². The summed E-state index contributed by atoms with van der Waals surface area (Å²) in [5.41, 5.74) is -0.295. The van der Waals surface area contributed by atoms with Gasteiger partial charge in [-0.1, -0.05) is 26.0 Å². The summed E-state index contributed by atoms with van der Waals surface area (Å²) >= 11 is 0. The Hall–Kier alpha value is -2.66. The van der Waals surface area contributed by atoms with Gasteiger partial charge in [0.2, 0.25) is 5.82 Å². The number of alkyl halides is 3. The average molecular weight is 377 g/mol. The van der Waals surface area contributed by atoms with Crippen molar-refractivity contribution >= 4 is 5.82 Å². The van der Waals surface area contributed by atoms with Crippen molar-refractivity contribution in [3.05, 3.63) is 41.7 Å². The maximum atomic E-state index is 13.0. The lowest BCUT2D eigenvalue weighted by Crippen LogP contribution is -2.34. The largest absolute Gasteiger partial charge is 0.416 e. The van der Waals surface area contributed by atoms with Gasteiger partial charge in [0, 0.05) is 24.7 Å². The zero-order chi connectivity index (χ0) is 20.2. The molecule has 0 spiro atoms. The highest BCUT2D eigenvalue weighted by Crippen LogP contribution is 2.32. The third-order valence-electron chi connectivity index (χ3n) is 3.80. The molecular formula is C19H22F3N5. The van der Waals surface area contributed by atoms with Crippen molar-refractivity contribution in [3.63, 3.8) is 0 Å². The Morgan fingerprint density at radius 1 is 1.15 bits per heavy atom. The van der Waals surface area contributed by atoms with Crippen LogP contribution in [0.3, 0.4) is 0 Å². The summed E-state index contributed by atoms with van der Waals surface area (Å²) < 4.78 is 38.9. The number of aromatic nitrogens is 2. The van der Waals surface area contributed by atoms with Crippen molar-refractivity contribution in [2.75, 3.05) is 32.5 Å². The number of nitrogens with one attached hydrogen (secondary N) is 1. The normalized spacial score (nSPS) is 12.1. The first-order chi connectivity index (χ1) is 12.5. The third kappa shape index (κ3) is 5.93. The molecule has 8 heteroatoms. The molecule has 1 aromatic heterocycles. The minimum atomic E-state index is -4.45. The number of benzene rings is 1. The van der Waals surface area contributed by atoms with Crippen LogP contribution >= 0.6 is 0 Å². The fourth-order valence-corrected chi connectivity index (χ4v) is 2.83. The minimum absolute atomic E-state index is 0.0718. The van der Waals surface area contributed by atoms with Gasteiger partial charge < -0.3 is 10.2 Å². The zero-order valence-corrected chi connectivity index (χ0v) is 15.7. The van der Waals surface area contributed by atoms with E-state index in [9.17, 15) is 18.4 Å². The van der Waals surface area contributed by atoms with Gasteiger partial charge in [-0.25, -0.2) is 9.97 Å². The predicted octanol–water partition coefficient (Wildman–Crippen LogP) is 4.03. The van der Waals surface area contributed by atoms with E-state index >= 15 is 0 Å². The lowest BCUT2D eigenvalue weighted by atomic mass is 9.93. The summed E-state index contributed by atoms with van der Waals surface area (Å²) in [4.78, 5) is 10.2. The number of hydrogen-bond acceptors (Lipinski definition) is 5. The van der Waals surface area contributed by atoms with Crippen molar-refractivity contribution in [3.8, 4) is 17.3 Å². The van der Waals surface area contributed by atoms with Gasteiger partial charge in [0.05, 0.1) is 11.3 Å². The maximum Gasteiger partial charge on any atom is 0.416 e. The van der Waals surface area contributed by atoms with Gasteiger partial charge in [-0.3, -0.25) is 0 Å². The molecule has 0 atom stereocenters. The molecule has 0 saturated heterocycles. The number of nitriles is 1. The van der Waals surface area contributed by atoms with Crippen LogP contribution in [0.4, 0.5) is 19.0 Å². The molecule has 2 aromatic rings. The summed E-state index contributed by atoms with van der Waals surface area (Å²) in [5.74, 6) is 0.304. The van der Waals surface area contributed by atoms with Crippen LogP contribution in [-0.2, 0) is 6.18 Å². The molecule has 0 aliphatic rings. The van der Waals surface area contributed by atoms with Crippen molar-refractivity contribution in [1.29, 1.82) is 5.26 Å². The Morgan fingerprint density at radius 2 is 1.85 bits per heavy atom. The molecule has 0 aliphatic heterocycles. The second-order valence-electron chi connectivity index (χ2n) is 7.41. The van der Waals surface area contributed by atoms with Crippen molar-refractivity contribution in [2.45, 2.75) is 20.0 Å². The van der Waals surface area contributed by atoms with Gasteiger partial charge in [-0.2, -0.15) is 18.4 Å². The summed E-state index contributed by atoms with van der Waals surface area (Å²) in [6.45, 7) is 5.58. The van der Waals surface area contributed by atoms with Crippen LogP contribution < -0.4 is 5.32 Å². The molecule has 0 saturated carbocycles. The fraction of sp³-hybridized carbons (Fsp3) is 0.421. The Labute approximate surface area is 156 Å².